The van der Waals surface area contributed by atoms with Gasteiger partial charge in [-0.2, -0.15) is 0 Å². The molecule has 2 aromatic rings. The third kappa shape index (κ3) is 1.97. The highest BCUT2D eigenvalue weighted by Crippen LogP contribution is 2.31. The Labute approximate surface area is 110 Å². The van der Waals surface area contributed by atoms with E-state index in [-0.39, 0.29) is 5.82 Å². The number of aromatic carboxylic acids is 1. The van der Waals surface area contributed by atoms with Crippen LogP contribution in [-0.2, 0) is 12.8 Å². The number of aromatic nitrogens is 1. The average Bonchev–Trinajstić information content (AvgIpc) is 2.35. The highest BCUT2D eigenvalue weighted by atomic mass is 19.1. The van der Waals surface area contributed by atoms with Crippen LogP contribution in [0.5, 0.6) is 0 Å². The van der Waals surface area contributed by atoms with Gasteiger partial charge in [0.05, 0.1) is 11.1 Å². The number of hydrogen-bond donors (Lipinski definition) is 1. The fraction of sp³-hybridized carbons (Fsp3) is 0.333. The Hall–Kier alpha value is -1.97. The zero-order chi connectivity index (χ0) is 13.6. The molecule has 0 aliphatic heterocycles. The van der Waals surface area contributed by atoms with Crippen LogP contribution in [0.1, 0.15) is 35.0 Å². The van der Waals surface area contributed by atoms with Crippen molar-refractivity contribution in [1.29, 1.82) is 0 Å². The van der Waals surface area contributed by atoms with Crippen LogP contribution in [0.4, 0.5) is 4.39 Å². The van der Waals surface area contributed by atoms with Crippen LogP contribution in [0.2, 0.25) is 0 Å². The van der Waals surface area contributed by atoms with E-state index in [1.807, 2.05) is 0 Å². The van der Waals surface area contributed by atoms with Crippen LogP contribution in [0.15, 0.2) is 18.2 Å². The van der Waals surface area contributed by atoms with E-state index in [4.69, 9.17) is 0 Å². The third-order valence-corrected chi connectivity index (χ3v) is 3.78. The maximum absolute atomic E-state index is 13.3. The lowest BCUT2D eigenvalue weighted by atomic mass is 9.84. The van der Waals surface area contributed by atoms with Gasteiger partial charge < -0.3 is 5.11 Å². The van der Waals surface area contributed by atoms with Gasteiger partial charge >= 0.3 is 5.97 Å². The van der Waals surface area contributed by atoms with Crippen LogP contribution in [0.3, 0.4) is 0 Å². The van der Waals surface area contributed by atoms with Gasteiger partial charge in [0, 0.05) is 17.1 Å². The van der Waals surface area contributed by atoms with Gasteiger partial charge in [0.2, 0.25) is 0 Å². The zero-order valence-corrected chi connectivity index (χ0v) is 10.6. The summed E-state index contributed by atoms with van der Waals surface area (Å²) in [6, 6.07) is 4.11. The smallest absolute Gasteiger partial charge is 0.336 e. The predicted molar refractivity (Wildman–Crippen MR) is 69.8 cm³/mol. The van der Waals surface area contributed by atoms with Crippen LogP contribution >= 0.6 is 0 Å². The molecule has 1 heterocycles. The summed E-state index contributed by atoms with van der Waals surface area (Å²) in [7, 11) is 0. The molecule has 4 heteroatoms. The van der Waals surface area contributed by atoms with Crippen molar-refractivity contribution >= 4 is 16.9 Å². The molecule has 1 unspecified atom stereocenters. The molecule has 0 bridgehead atoms. The first-order valence-corrected chi connectivity index (χ1v) is 6.40. The molecule has 0 saturated carbocycles. The van der Waals surface area contributed by atoms with Gasteiger partial charge in [-0.3, -0.25) is 4.98 Å². The second kappa shape index (κ2) is 4.30. The summed E-state index contributed by atoms with van der Waals surface area (Å²) in [6.45, 7) is 2.11. The minimum Gasteiger partial charge on any atom is -0.478 e. The SMILES string of the molecule is CC1CCc2nc3cc(F)ccc3c(C(=O)O)c2C1. The molecule has 98 valence electrons. The summed E-state index contributed by atoms with van der Waals surface area (Å²) in [6.07, 6.45) is 2.50. The Morgan fingerprint density at radius 3 is 3.00 bits per heavy atom. The van der Waals surface area contributed by atoms with Gasteiger partial charge in [-0.05, 0) is 42.9 Å². The number of carbonyl (C=O) groups is 1. The maximum Gasteiger partial charge on any atom is 0.336 e. The van der Waals surface area contributed by atoms with E-state index in [2.05, 4.69) is 11.9 Å². The zero-order valence-electron chi connectivity index (χ0n) is 10.6. The molecule has 1 aliphatic rings. The van der Waals surface area contributed by atoms with Gasteiger partial charge in [-0.25, -0.2) is 9.18 Å². The molecule has 1 atom stereocenters. The van der Waals surface area contributed by atoms with E-state index in [1.54, 1.807) is 0 Å². The predicted octanol–water partition coefficient (Wildman–Crippen LogP) is 3.20. The van der Waals surface area contributed by atoms with E-state index in [9.17, 15) is 14.3 Å². The average molecular weight is 259 g/mol. The Kier molecular flexibility index (Phi) is 2.73. The van der Waals surface area contributed by atoms with Crippen LogP contribution in [0, 0.1) is 11.7 Å². The molecule has 1 N–H and O–H groups in total. The number of halogens is 1. The second-order valence-corrected chi connectivity index (χ2v) is 5.23. The van der Waals surface area contributed by atoms with Crippen molar-refractivity contribution in [2.75, 3.05) is 0 Å². The standard InChI is InChI=1S/C15H14FNO2/c1-8-2-5-12-11(6-8)14(15(18)19)10-4-3-9(16)7-13(10)17-12/h3-4,7-8H,2,5-6H2,1H3,(H,18,19). The van der Waals surface area contributed by atoms with Crippen LogP contribution in [-0.4, -0.2) is 16.1 Å². The van der Waals surface area contributed by atoms with Crippen molar-refractivity contribution in [2.24, 2.45) is 5.92 Å². The Morgan fingerprint density at radius 2 is 2.26 bits per heavy atom. The first kappa shape index (κ1) is 12.1. The van der Waals surface area contributed by atoms with E-state index >= 15 is 0 Å². The largest absolute Gasteiger partial charge is 0.478 e. The van der Waals surface area contributed by atoms with Crippen molar-refractivity contribution < 1.29 is 14.3 Å². The topological polar surface area (TPSA) is 50.2 Å². The van der Waals surface area contributed by atoms with Crippen molar-refractivity contribution in [1.82, 2.24) is 4.98 Å². The number of rotatable bonds is 1. The highest BCUT2D eigenvalue weighted by Gasteiger charge is 2.25. The van der Waals surface area contributed by atoms with E-state index in [0.29, 0.717) is 22.4 Å². The number of aryl methyl sites for hydroxylation is 1. The molecule has 0 saturated heterocycles. The lowest BCUT2D eigenvalue weighted by Gasteiger charge is -2.23. The number of benzene rings is 1. The first-order chi connectivity index (χ1) is 9.06. The fourth-order valence-corrected chi connectivity index (χ4v) is 2.83. The molecule has 3 rings (SSSR count). The van der Waals surface area contributed by atoms with E-state index < -0.39 is 5.97 Å². The lowest BCUT2D eigenvalue weighted by molar-refractivity contribution is 0.0697. The Balaban J connectivity index is 2.36. The van der Waals surface area contributed by atoms with Crippen molar-refractivity contribution in [2.45, 2.75) is 26.2 Å². The van der Waals surface area contributed by atoms with Gasteiger partial charge in [0.1, 0.15) is 5.82 Å². The summed E-state index contributed by atoms with van der Waals surface area (Å²) in [4.78, 5) is 16.0. The number of carboxylic acids is 1. The van der Waals surface area contributed by atoms with Crippen molar-refractivity contribution in [3.63, 3.8) is 0 Å². The molecule has 0 radical (unpaired) electrons. The Bertz CT molecular complexity index is 681. The van der Waals surface area contributed by atoms with Gasteiger partial charge in [-0.15, -0.1) is 0 Å². The van der Waals surface area contributed by atoms with Gasteiger partial charge in [0.15, 0.2) is 0 Å². The molecular weight excluding hydrogens is 245 g/mol. The summed E-state index contributed by atoms with van der Waals surface area (Å²) < 4.78 is 13.3. The number of nitrogens with zero attached hydrogens (tertiary/aromatic N) is 1. The van der Waals surface area contributed by atoms with E-state index in [1.165, 1.54) is 18.2 Å². The summed E-state index contributed by atoms with van der Waals surface area (Å²) >= 11 is 0. The molecule has 3 nitrogen and oxygen atoms in total. The Morgan fingerprint density at radius 1 is 1.47 bits per heavy atom. The minimum atomic E-state index is -0.954. The number of carboxylic acid groups (broad SMARTS) is 1. The van der Waals surface area contributed by atoms with Crippen molar-refractivity contribution in [3.05, 3.63) is 40.8 Å². The molecule has 0 amide bonds. The second-order valence-electron chi connectivity index (χ2n) is 5.23. The highest BCUT2D eigenvalue weighted by molar-refractivity contribution is 6.04. The summed E-state index contributed by atoms with van der Waals surface area (Å²) in [5.74, 6) is -0.880. The van der Waals surface area contributed by atoms with Crippen molar-refractivity contribution in [3.8, 4) is 0 Å². The normalized spacial score (nSPS) is 18.3. The monoisotopic (exact) mass is 259 g/mol. The first-order valence-electron chi connectivity index (χ1n) is 6.40. The third-order valence-electron chi connectivity index (χ3n) is 3.78. The van der Waals surface area contributed by atoms with Gasteiger partial charge in [0.25, 0.3) is 0 Å². The number of pyridine rings is 1. The quantitative estimate of drug-likeness (QED) is 0.855. The summed E-state index contributed by atoms with van der Waals surface area (Å²) in [5.41, 5.74) is 2.37. The number of hydrogen-bond acceptors (Lipinski definition) is 2. The van der Waals surface area contributed by atoms with Crippen LogP contribution in [0.25, 0.3) is 10.9 Å². The summed E-state index contributed by atoms with van der Waals surface area (Å²) in [5, 5.41) is 10.0. The minimum absolute atomic E-state index is 0.298. The van der Waals surface area contributed by atoms with Crippen LogP contribution < -0.4 is 0 Å². The molecule has 19 heavy (non-hydrogen) atoms. The molecular formula is C15H14FNO2. The molecule has 1 aromatic heterocycles. The maximum atomic E-state index is 13.3. The lowest BCUT2D eigenvalue weighted by Crippen LogP contribution is -2.18. The molecule has 0 spiro atoms. The van der Waals surface area contributed by atoms with E-state index in [0.717, 1.165) is 30.5 Å². The molecule has 0 fully saturated rings. The molecule has 1 aromatic carbocycles. The molecule has 1 aliphatic carbocycles. The fourth-order valence-electron chi connectivity index (χ4n) is 2.83. The number of fused-ring (bicyclic) bond motifs is 2. The van der Waals surface area contributed by atoms with Gasteiger partial charge in [-0.1, -0.05) is 6.92 Å².